The van der Waals surface area contributed by atoms with Crippen LogP contribution in [0.25, 0.3) is 0 Å². The van der Waals surface area contributed by atoms with Gasteiger partial charge in [0.05, 0.1) is 0 Å². The molecular weight excluding hydrogens is 550 g/mol. The first-order valence-corrected chi connectivity index (χ1v) is 20.4. The quantitative estimate of drug-likeness (QED) is 0.0549. The second-order valence-corrected chi connectivity index (χ2v) is 14.1. The number of pyridine rings is 1. The number of carbonyl (C=O) groups is 1. The first-order valence-electron chi connectivity index (χ1n) is 20.4. The highest BCUT2D eigenvalue weighted by molar-refractivity contribution is 5.69. The fraction of sp³-hybridized carbons (Fsp3) is 0.857. The summed E-state index contributed by atoms with van der Waals surface area (Å²) in [4.78, 5) is 15.9. The summed E-state index contributed by atoms with van der Waals surface area (Å²) in [5.74, 6) is -0.0837. The molecule has 0 N–H and O–H groups in total. The van der Waals surface area contributed by atoms with E-state index in [0.717, 1.165) is 18.4 Å². The van der Waals surface area contributed by atoms with E-state index < -0.39 is 0 Å². The Bertz CT molecular complexity index is 706. The zero-order valence-electron chi connectivity index (χ0n) is 30.3. The van der Waals surface area contributed by atoms with E-state index in [9.17, 15) is 4.79 Å². The summed E-state index contributed by atoms with van der Waals surface area (Å²) in [6, 6.07) is 3.80. The second kappa shape index (κ2) is 35.5. The van der Waals surface area contributed by atoms with Gasteiger partial charge in [0.2, 0.25) is 0 Å². The van der Waals surface area contributed by atoms with Crippen LogP contribution in [-0.2, 0) is 16.1 Å². The van der Waals surface area contributed by atoms with E-state index in [0.29, 0.717) is 13.0 Å². The summed E-state index contributed by atoms with van der Waals surface area (Å²) in [6.07, 6.45) is 50.8. The Balaban J connectivity index is 1.64. The molecule has 1 heterocycles. The molecule has 1 rings (SSSR count). The van der Waals surface area contributed by atoms with Gasteiger partial charge in [-0.25, -0.2) is 0 Å². The molecule has 0 unspecified atom stereocenters. The normalized spacial score (nSPS) is 11.3. The van der Waals surface area contributed by atoms with Gasteiger partial charge in [0.25, 0.3) is 0 Å². The third-order valence-electron chi connectivity index (χ3n) is 9.61. The topological polar surface area (TPSA) is 39.2 Å². The maximum Gasteiger partial charge on any atom is 0.306 e. The van der Waals surface area contributed by atoms with Crippen molar-refractivity contribution in [3.05, 3.63) is 30.1 Å². The van der Waals surface area contributed by atoms with Gasteiger partial charge in [0.15, 0.2) is 0 Å². The van der Waals surface area contributed by atoms with Crippen LogP contribution in [0.15, 0.2) is 24.5 Å². The molecule has 3 heteroatoms. The summed E-state index contributed by atoms with van der Waals surface area (Å²) in [6.45, 7) is 2.64. The lowest BCUT2D eigenvalue weighted by Crippen LogP contribution is -2.04. The molecule has 0 bridgehead atoms. The van der Waals surface area contributed by atoms with Crippen LogP contribution in [0.1, 0.15) is 231 Å². The average Bonchev–Trinajstić information content (AvgIpc) is 3.06. The highest BCUT2D eigenvalue weighted by Crippen LogP contribution is 2.17. The number of nitrogens with zero attached hydrogens (tertiary/aromatic N) is 1. The minimum absolute atomic E-state index is 0.0837. The third kappa shape index (κ3) is 32.4. The Morgan fingerprint density at radius 2 is 0.800 bits per heavy atom. The number of ether oxygens (including phenoxy) is 1. The van der Waals surface area contributed by atoms with Crippen molar-refractivity contribution < 1.29 is 9.53 Å². The fourth-order valence-electron chi connectivity index (χ4n) is 6.54. The van der Waals surface area contributed by atoms with Gasteiger partial charge in [-0.1, -0.05) is 218 Å². The average molecular weight is 628 g/mol. The maximum absolute atomic E-state index is 11.8. The standard InChI is InChI=1S/C42H77NO2/c1-2-3-4-5-6-7-8-9-10-11-12-13-14-15-16-17-18-19-20-21-22-23-24-25-26-27-28-29-30-31-32-33-34-37-42(44)45-40-41-36-35-38-43-39-41/h35-36,38-39H,2-34,37,40H2,1H3. The molecule has 0 aliphatic rings. The van der Waals surface area contributed by atoms with Gasteiger partial charge < -0.3 is 4.74 Å². The van der Waals surface area contributed by atoms with Crippen LogP contribution in [-0.4, -0.2) is 11.0 Å². The first kappa shape index (κ1) is 41.6. The Hall–Kier alpha value is -1.38. The largest absolute Gasteiger partial charge is 0.461 e. The first-order chi connectivity index (χ1) is 22.3. The van der Waals surface area contributed by atoms with Crippen LogP contribution in [0, 0.1) is 0 Å². The van der Waals surface area contributed by atoms with Gasteiger partial charge in [0.1, 0.15) is 6.61 Å². The van der Waals surface area contributed by atoms with Gasteiger partial charge in [-0.05, 0) is 12.5 Å². The smallest absolute Gasteiger partial charge is 0.306 e. The molecule has 0 saturated carbocycles. The molecule has 0 aromatic carbocycles. The maximum atomic E-state index is 11.8. The van der Waals surface area contributed by atoms with E-state index in [1.54, 1.807) is 12.4 Å². The number of hydrogen-bond donors (Lipinski definition) is 0. The van der Waals surface area contributed by atoms with Crippen molar-refractivity contribution in [2.45, 2.75) is 232 Å². The zero-order valence-corrected chi connectivity index (χ0v) is 30.3. The summed E-state index contributed by atoms with van der Waals surface area (Å²) >= 11 is 0. The molecule has 262 valence electrons. The number of aromatic nitrogens is 1. The van der Waals surface area contributed by atoms with Crippen LogP contribution in [0.4, 0.5) is 0 Å². The highest BCUT2D eigenvalue weighted by Gasteiger charge is 2.03. The number of rotatable bonds is 36. The van der Waals surface area contributed by atoms with Gasteiger partial charge in [-0.3, -0.25) is 9.78 Å². The van der Waals surface area contributed by atoms with E-state index in [4.69, 9.17) is 4.74 Å². The predicted octanol–water partition coefficient (Wildman–Crippen LogP) is 14.4. The van der Waals surface area contributed by atoms with Crippen LogP contribution in [0.5, 0.6) is 0 Å². The molecule has 45 heavy (non-hydrogen) atoms. The van der Waals surface area contributed by atoms with Gasteiger partial charge >= 0.3 is 5.97 Å². The number of esters is 1. The number of carbonyl (C=O) groups excluding carboxylic acids is 1. The lowest BCUT2D eigenvalue weighted by molar-refractivity contribution is -0.145. The Kier molecular flexibility index (Phi) is 32.8. The van der Waals surface area contributed by atoms with Crippen molar-refractivity contribution in [3.8, 4) is 0 Å². The number of unbranched alkanes of at least 4 members (excludes halogenated alkanes) is 32. The minimum Gasteiger partial charge on any atom is -0.461 e. The molecule has 1 aromatic rings. The van der Waals surface area contributed by atoms with E-state index >= 15 is 0 Å². The summed E-state index contributed by atoms with van der Waals surface area (Å²) < 4.78 is 5.32. The summed E-state index contributed by atoms with van der Waals surface area (Å²) in [5, 5.41) is 0. The Morgan fingerprint density at radius 1 is 0.489 bits per heavy atom. The lowest BCUT2D eigenvalue weighted by Gasteiger charge is -2.05. The molecule has 0 aliphatic carbocycles. The van der Waals surface area contributed by atoms with E-state index in [2.05, 4.69) is 11.9 Å². The molecule has 1 aromatic heterocycles. The molecule has 0 saturated heterocycles. The monoisotopic (exact) mass is 628 g/mol. The molecule has 0 atom stereocenters. The van der Waals surface area contributed by atoms with Crippen molar-refractivity contribution in [2.24, 2.45) is 0 Å². The zero-order chi connectivity index (χ0) is 32.1. The van der Waals surface area contributed by atoms with Crippen LogP contribution in [0.3, 0.4) is 0 Å². The van der Waals surface area contributed by atoms with Crippen molar-refractivity contribution in [2.75, 3.05) is 0 Å². The molecule has 3 nitrogen and oxygen atoms in total. The fourth-order valence-corrected chi connectivity index (χ4v) is 6.54. The molecule has 0 amide bonds. The molecule has 0 spiro atoms. The van der Waals surface area contributed by atoms with Crippen LogP contribution < -0.4 is 0 Å². The number of hydrogen-bond acceptors (Lipinski definition) is 3. The van der Waals surface area contributed by atoms with Crippen LogP contribution >= 0.6 is 0 Å². The predicted molar refractivity (Wildman–Crippen MR) is 197 cm³/mol. The van der Waals surface area contributed by atoms with E-state index in [-0.39, 0.29) is 5.97 Å². The molecule has 0 aliphatic heterocycles. The van der Waals surface area contributed by atoms with Crippen molar-refractivity contribution in [1.29, 1.82) is 0 Å². The SMILES string of the molecule is CCCCCCCCCCCCCCCCCCCCCCCCCCCCCCCCCCCC(=O)OCc1cccnc1. The summed E-state index contributed by atoms with van der Waals surface area (Å²) in [5.41, 5.74) is 0.951. The van der Waals surface area contributed by atoms with Gasteiger partial charge in [0, 0.05) is 24.4 Å². The van der Waals surface area contributed by atoms with Crippen molar-refractivity contribution >= 4 is 5.97 Å². The Labute approximate surface area is 281 Å². The second-order valence-electron chi connectivity index (χ2n) is 14.1. The molecule has 0 fully saturated rings. The lowest BCUT2D eigenvalue weighted by atomic mass is 10.0. The molecule has 0 radical (unpaired) electrons. The Morgan fingerprint density at radius 3 is 1.09 bits per heavy atom. The van der Waals surface area contributed by atoms with E-state index in [1.807, 2.05) is 12.1 Å². The summed E-state index contributed by atoms with van der Waals surface area (Å²) in [7, 11) is 0. The van der Waals surface area contributed by atoms with E-state index in [1.165, 1.54) is 199 Å². The van der Waals surface area contributed by atoms with Crippen molar-refractivity contribution in [1.82, 2.24) is 4.98 Å². The van der Waals surface area contributed by atoms with Gasteiger partial charge in [-0.2, -0.15) is 0 Å². The third-order valence-corrected chi connectivity index (χ3v) is 9.61. The van der Waals surface area contributed by atoms with Crippen LogP contribution in [0.2, 0.25) is 0 Å². The minimum atomic E-state index is -0.0837. The molecular formula is C42H77NO2. The highest BCUT2D eigenvalue weighted by atomic mass is 16.5. The van der Waals surface area contributed by atoms with Crippen molar-refractivity contribution in [3.63, 3.8) is 0 Å². The van der Waals surface area contributed by atoms with Gasteiger partial charge in [-0.15, -0.1) is 0 Å².